The van der Waals surface area contributed by atoms with Crippen LogP contribution in [-0.2, 0) is 14.4 Å². The first kappa shape index (κ1) is 21.8. The predicted octanol–water partition coefficient (Wildman–Crippen LogP) is -0.594. The Bertz CT molecular complexity index is 1180. The van der Waals surface area contributed by atoms with Crippen molar-refractivity contribution in [2.75, 3.05) is 14.1 Å². The highest BCUT2D eigenvalue weighted by atomic mass is 16.4. The molecule has 10 heteroatoms. The number of rotatable bonds is 2. The van der Waals surface area contributed by atoms with Crippen LogP contribution in [0.2, 0.25) is 0 Å². The second-order valence-electron chi connectivity index (χ2n) is 8.44. The number of likely N-dealkylation sites (N-methyl/N-ethyl adjacent to an activating group) is 1. The number of ketones is 2. The second-order valence-corrected chi connectivity index (χ2v) is 8.44. The highest BCUT2D eigenvalue weighted by Gasteiger charge is 2.68. The standard InChI is InChI=1S/C22H22N2O8/c1-7-8-5-4-6-9(25)11(8)16(26)12-10(7)17(27)14-15(24(2)3)18(28)13(21(23)31)20(30)22(14,32)19(12)29/h4-6,10,14-15,17,25-27,30,32H,1H2,2-3H3,(H2,23,31)/t10-,14-,15+,17+,22-/m1/s1. The number of amides is 1. The lowest BCUT2D eigenvalue weighted by Gasteiger charge is -2.52. The topological polar surface area (TPSA) is 182 Å². The van der Waals surface area contributed by atoms with Crippen molar-refractivity contribution in [2.45, 2.75) is 17.7 Å². The molecular formula is C22H22N2O8. The molecule has 0 heterocycles. The number of phenolic OH excluding ortho intramolecular Hbond substituents is 1. The second kappa shape index (κ2) is 6.76. The summed E-state index contributed by atoms with van der Waals surface area (Å²) in [5.41, 5.74) is 1.16. The number of hydrogen-bond acceptors (Lipinski definition) is 9. The Labute approximate surface area is 182 Å². The molecule has 0 unspecified atom stereocenters. The van der Waals surface area contributed by atoms with Crippen LogP contribution in [0.3, 0.4) is 0 Å². The van der Waals surface area contributed by atoms with Gasteiger partial charge in [0.25, 0.3) is 5.91 Å². The van der Waals surface area contributed by atoms with Gasteiger partial charge in [0.2, 0.25) is 5.78 Å². The number of aliphatic hydroxyl groups is 4. The Morgan fingerprint density at radius 2 is 1.81 bits per heavy atom. The zero-order valence-electron chi connectivity index (χ0n) is 17.2. The van der Waals surface area contributed by atoms with Gasteiger partial charge in [-0.3, -0.25) is 19.3 Å². The molecule has 7 N–H and O–H groups in total. The van der Waals surface area contributed by atoms with Gasteiger partial charge in [-0.1, -0.05) is 18.7 Å². The van der Waals surface area contributed by atoms with Crippen molar-refractivity contribution >= 4 is 28.8 Å². The lowest BCUT2D eigenvalue weighted by atomic mass is 9.55. The van der Waals surface area contributed by atoms with E-state index in [0.717, 1.165) is 0 Å². The molecule has 32 heavy (non-hydrogen) atoms. The molecule has 1 aromatic rings. The average molecular weight is 442 g/mol. The summed E-state index contributed by atoms with van der Waals surface area (Å²) in [4.78, 5) is 39.8. The summed E-state index contributed by atoms with van der Waals surface area (Å²) in [6.45, 7) is 3.91. The Hall–Kier alpha value is -3.47. The number of primary amides is 1. The van der Waals surface area contributed by atoms with E-state index in [9.17, 15) is 39.9 Å². The smallest absolute Gasteiger partial charge is 0.255 e. The van der Waals surface area contributed by atoms with Gasteiger partial charge in [-0.25, -0.2) is 0 Å². The van der Waals surface area contributed by atoms with Gasteiger partial charge < -0.3 is 31.3 Å². The zero-order chi connectivity index (χ0) is 23.9. The molecule has 1 aromatic carbocycles. The Morgan fingerprint density at radius 3 is 2.38 bits per heavy atom. The maximum atomic E-state index is 13.6. The fourth-order valence-electron chi connectivity index (χ4n) is 5.21. The largest absolute Gasteiger partial charge is 0.508 e. The number of hydrogen-bond donors (Lipinski definition) is 6. The number of phenols is 1. The number of Topliss-reactive ketones (excluding diaryl/α,β-unsaturated/α-hetero) is 2. The molecule has 0 spiro atoms. The molecule has 0 radical (unpaired) electrons. The van der Waals surface area contributed by atoms with Gasteiger partial charge in [-0.2, -0.15) is 0 Å². The fourth-order valence-corrected chi connectivity index (χ4v) is 5.21. The van der Waals surface area contributed by atoms with E-state index in [1.54, 1.807) is 0 Å². The van der Waals surface area contributed by atoms with Crippen molar-refractivity contribution < 1.29 is 39.9 Å². The van der Waals surface area contributed by atoms with E-state index in [4.69, 9.17) is 5.73 Å². The van der Waals surface area contributed by atoms with Crippen LogP contribution in [0.5, 0.6) is 5.75 Å². The Balaban J connectivity index is 2.08. The van der Waals surface area contributed by atoms with Crippen LogP contribution < -0.4 is 5.73 Å². The number of nitrogens with two attached hydrogens (primary N) is 1. The number of aromatic hydroxyl groups is 1. The summed E-state index contributed by atoms with van der Waals surface area (Å²) >= 11 is 0. The highest BCUT2D eigenvalue weighted by molar-refractivity contribution is 6.25. The minimum Gasteiger partial charge on any atom is -0.508 e. The molecule has 0 aliphatic heterocycles. The van der Waals surface area contributed by atoms with Crippen LogP contribution in [0.4, 0.5) is 0 Å². The first-order valence-electron chi connectivity index (χ1n) is 9.71. The van der Waals surface area contributed by atoms with Crippen LogP contribution in [0.25, 0.3) is 11.3 Å². The third-order valence-electron chi connectivity index (χ3n) is 6.61. The Kier molecular flexibility index (Phi) is 4.60. The normalized spacial score (nSPS) is 32.1. The van der Waals surface area contributed by atoms with Gasteiger partial charge in [-0.15, -0.1) is 0 Å². The molecule has 1 amide bonds. The molecule has 168 valence electrons. The maximum absolute atomic E-state index is 13.6. The molecule has 3 aliphatic rings. The van der Waals surface area contributed by atoms with Crippen LogP contribution >= 0.6 is 0 Å². The Morgan fingerprint density at radius 1 is 1.19 bits per heavy atom. The van der Waals surface area contributed by atoms with Crippen LogP contribution in [-0.4, -0.2) is 79.7 Å². The molecule has 10 nitrogen and oxygen atoms in total. The summed E-state index contributed by atoms with van der Waals surface area (Å²) in [5.74, 6) is -8.78. The van der Waals surface area contributed by atoms with E-state index in [1.807, 2.05) is 0 Å². The van der Waals surface area contributed by atoms with Gasteiger partial charge in [0.15, 0.2) is 11.4 Å². The van der Waals surface area contributed by atoms with Crippen LogP contribution in [0, 0.1) is 11.8 Å². The summed E-state index contributed by atoms with van der Waals surface area (Å²) < 4.78 is 0. The highest BCUT2D eigenvalue weighted by Crippen LogP contribution is 2.55. The van der Waals surface area contributed by atoms with Crippen LogP contribution in [0.1, 0.15) is 11.1 Å². The molecule has 5 atom stereocenters. The van der Waals surface area contributed by atoms with Gasteiger partial charge >= 0.3 is 0 Å². The number of aliphatic hydroxyl groups excluding tert-OH is 3. The fraction of sp³-hybridized carbons (Fsp3) is 0.318. The van der Waals surface area contributed by atoms with Gasteiger partial charge in [0, 0.05) is 5.92 Å². The molecule has 0 bridgehead atoms. The minimum absolute atomic E-state index is 0.124. The SMILES string of the molecule is C=C1c2cccc(O)c2C(O)=C2C(=O)[C@@]3(O)C(O)=C(C(N)=O)C(=O)[C@@H](N(C)C)[C@@H]3[C@@H](O)[C@H]12. The molecule has 0 saturated heterocycles. The molecule has 0 aromatic heterocycles. The van der Waals surface area contributed by atoms with Gasteiger partial charge in [-0.05, 0) is 31.3 Å². The number of benzene rings is 1. The quantitative estimate of drug-likeness (QED) is 0.326. The van der Waals surface area contributed by atoms with E-state index in [-0.39, 0.29) is 22.4 Å². The summed E-state index contributed by atoms with van der Waals surface area (Å²) in [7, 11) is 2.88. The van der Waals surface area contributed by atoms with Crippen molar-refractivity contribution in [3.8, 4) is 5.75 Å². The third-order valence-corrected chi connectivity index (χ3v) is 6.61. The van der Waals surface area contributed by atoms with E-state index in [2.05, 4.69) is 6.58 Å². The van der Waals surface area contributed by atoms with Gasteiger partial charge in [0.1, 0.15) is 22.8 Å². The maximum Gasteiger partial charge on any atom is 0.255 e. The van der Waals surface area contributed by atoms with Crippen molar-refractivity contribution in [3.05, 3.63) is 52.8 Å². The summed E-state index contributed by atoms with van der Waals surface area (Å²) in [6, 6.07) is 2.89. The lowest BCUT2D eigenvalue weighted by molar-refractivity contribution is -0.166. The first-order valence-corrected chi connectivity index (χ1v) is 9.71. The average Bonchev–Trinajstić information content (AvgIpc) is 2.70. The number of carbonyl (C=O) groups is 3. The third kappa shape index (κ3) is 2.42. The van der Waals surface area contributed by atoms with E-state index < -0.39 is 69.7 Å². The summed E-state index contributed by atoms with van der Waals surface area (Å²) in [6.07, 6.45) is -1.69. The number of nitrogens with zero attached hydrogens (tertiary/aromatic N) is 1. The molecular weight excluding hydrogens is 420 g/mol. The van der Waals surface area contributed by atoms with E-state index >= 15 is 0 Å². The van der Waals surface area contributed by atoms with Gasteiger partial charge in [0.05, 0.1) is 29.2 Å². The van der Waals surface area contributed by atoms with E-state index in [1.165, 1.54) is 37.2 Å². The minimum atomic E-state index is -2.94. The predicted molar refractivity (Wildman–Crippen MR) is 111 cm³/mol. The first-order chi connectivity index (χ1) is 14.9. The summed E-state index contributed by atoms with van der Waals surface area (Å²) in [5, 5.41) is 54.7. The molecule has 1 saturated carbocycles. The number of fused-ring (bicyclic) bond motifs is 3. The van der Waals surface area contributed by atoms with Crippen molar-refractivity contribution in [1.29, 1.82) is 0 Å². The molecule has 3 aliphatic carbocycles. The monoisotopic (exact) mass is 442 g/mol. The van der Waals surface area contributed by atoms with E-state index in [0.29, 0.717) is 0 Å². The number of carbonyl (C=O) groups excluding carboxylic acids is 3. The molecule has 4 rings (SSSR count). The van der Waals surface area contributed by atoms with Crippen LogP contribution in [0.15, 0.2) is 41.7 Å². The molecule has 1 fully saturated rings. The van der Waals surface area contributed by atoms with Crippen molar-refractivity contribution in [1.82, 2.24) is 4.90 Å². The van der Waals surface area contributed by atoms with Crippen molar-refractivity contribution in [2.24, 2.45) is 17.6 Å². The zero-order valence-corrected chi connectivity index (χ0v) is 17.2. The lowest BCUT2D eigenvalue weighted by Crippen LogP contribution is -2.70. The van der Waals surface area contributed by atoms with Crippen molar-refractivity contribution in [3.63, 3.8) is 0 Å².